The highest BCUT2D eigenvalue weighted by molar-refractivity contribution is 7.89. The van der Waals surface area contributed by atoms with Gasteiger partial charge in [0.25, 0.3) is 5.91 Å². The zero-order valence-electron chi connectivity index (χ0n) is 15.8. The summed E-state index contributed by atoms with van der Waals surface area (Å²) < 4.78 is 27.5. The molecule has 0 bridgehead atoms. The average Bonchev–Trinajstić information content (AvgIpc) is 3.19. The Morgan fingerprint density at radius 3 is 2.33 bits per heavy atom. The molecule has 5 nitrogen and oxygen atoms in total. The van der Waals surface area contributed by atoms with Gasteiger partial charge in [0.15, 0.2) is 0 Å². The first-order valence-electron chi connectivity index (χ1n) is 9.34. The Morgan fingerprint density at radius 1 is 1.07 bits per heavy atom. The molecule has 1 amide bonds. The van der Waals surface area contributed by atoms with Gasteiger partial charge >= 0.3 is 0 Å². The molecule has 0 saturated carbocycles. The van der Waals surface area contributed by atoms with Gasteiger partial charge in [-0.05, 0) is 41.8 Å². The molecule has 0 unspecified atom stereocenters. The van der Waals surface area contributed by atoms with E-state index in [0.717, 1.165) is 31.2 Å². The quantitative estimate of drug-likeness (QED) is 0.734. The molecule has 0 N–H and O–H groups in total. The molecule has 146 valence electrons. The summed E-state index contributed by atoms with van der Waals surface area (Å²) in [5, 5.41) is 1.69. The van der Waals surface area contributed by atoms with Crippen molar-refractivity contribution < 1.29 is 13.2 Å². The van der Waals surface area contributed by atoms with E-state index in [1.54, 1.807) is 23.4 Å². The molecule has 2 aromatic rings. The van der Waals surface area contributed by atoms with Crippen LogP contribution >= 0.6 is 11.3 Å². The summed E-state index contributed by atoms with van der Waals surface area (Å²) in [6.45, 7) is 3.62. The van der Waals surface area contributed by atoms with Gasteiger partial charge in [0.05, 0.1) is 0 Å². The van der Waals surface area contributed by atoms with E-state index in [-0.39, 0.29) is 10.8 Å². The van der Waals surface area contributed by atoms with Crippen molar-refractivity contribution in [1.82, 2.24) is 9.21 Å². The number of hydrogen-bond acceptors (Lipinski definition) is 4. The summed E-state index contributed by atoms with van der Waals surface area (Å²) in [5.41, 5.74) is 2.28. The zero-order valence-corrected chi connectivity index (χ0v) is 17.5. The highest BCUT2D eigenvalue weighted by Crippen LogP contribution is 2.28. The van der Waals surface area contributed by atoms with Crippen molar-refractivity contribution in [3.8, 4) is 0 Å². The molecular weight excluding hydrogens is 380 g/mol. The van der Waals surface area contributed by atoms with Gasteiger partial charge in [0.1, 0.15) is 9.77 Å². The highest BCUT2D eigenvalue weighted by atomic mass is 32.2. The minimum absolute atomic E-state index is 0.146. The Bertz CT molecular complexity index is 882. The summed E-state index contributed by atoms with van der Waals surface area (Å²) in [6.07, 6.45) is 3.78. The lowest BCUT2D eigenvalue weighted by Crippen LogP contribution is -2.36. The molecule has 0 spiro atoms. The van der Waals surface area contributed by atoms with Gasteiger partial charge in [-0.2, -0.15) is 4.31 Å². The van der Waals surface area contributed by atoms with E-state index in [9.17, 15) is 13.2 Å². The maximum Gasteiger partial charge on any atom is 0.265 e. The third-order valence-electron chi connectivity index (χ3n) is 4.95. The van der Waals surface area contributed by atoms with Gasteiger partial charge in [-0.3, -0.25) is 4.79 Å². The molecule has 1 aliphatic rings. The summed E-state index contributed by atoms with van der Waals surface area (Å²) >= 11 is 1.20. The molecule has 27 heavy (non-hydrogen) atoms. The van der Waals surface area contributed by atoms with Crippen LogP contribution in [0.5, 0.6) is 0 Å². The van der Waals surface area contributed by atoms with Crippen molar-refractivity contribution in [2.24, 2.45) is 0 Å². The number of rotatable bonds is 6. The SMILES string of the molecule is CCc1ccc(CN(C)C(=O)c2sccc2S(=O)(=O)N2CCCCC2)cc1. The van der Waals surface area contributed by atoms with Crippen LogP contribution in [0.3, 0.4) is 0 Å². The summed E-state index contributed by atoms with van der Waals surface area (Å²) in [5.74, 6) is -0.250. The predicted molar refractivity (Wildman–Crippen MR) is 109 cm³/mol. The largest absolute Gasteiger partial charge is 0.337 e. The number of nitrogens with zero attached hydrogens (tertiary/aromatic N) is 2. The first-order valence-corrected chi connectivity index (χ1v) is 11.7. The Hall–Kier alpha value is -1.70. The molecule has 3 rings (SSSR count). The average molecular weight is 407 g/mol. The Morgan fingerprint density at radius 2 is 1.70 bits per heavy atom. The van der Waals surface area contributed by atoms with E-state index in [2.05, 4.69) is 19.1 Å². The van der Waals surface area contributed by atoms with E-state index in [1.807, 2.05) is 12.1 Å². The van der Waals surface area contributed by atoms with Gasteiger partial charge in [-0.25, -0.2) is 8.42 Å². The van der Waals surface area contributed by atoms with Crippen LogP contribution in [0.4, 0.5) is 0 Å². The smallest absolute Gasteiger partial charge is 0.265 e. The van der Waals surface area contributed by atoms with E-state index >= 15 is 0 Å². The highest BCUT2D eigenvalue weighted by Gasteiger charge is 2.31. The van der Waals surface area contributed by atoms with Crippen LogP contribution in [-0.4, -0.2) is 43.7 Å². The van der Waals surface area contributed by atoms with Crippen molar-refractivity contribution in [3.63, 3.8) is 0 Å². The lowest BCUT2D eigenvalue weighted by Gasteiger charge is -2.26. The minimum Gasteiger partial charge on any atom is -0.337 e. The van der Waals surface area contributed by atoms with Crippen LogP contribution in [0.1, 0.15) is 47.0 Å². The van der Waals surface area contributed by atoms with Crippen molar-refractivity contribution in [2.75, 3.05) is 20.1 Å². The first kappa shape index (κ1) is 20.0. The number of carbonyl (C=O) groups excluding carboxylic acids is 1. The Labute approximate surface area is 165 Å². The summed E-state index contributed by atoms with van der Waals surface area (Å²) in [7, 11) is -1.90. The van der Waals surface area contributed by atoms with Crippen LogP contribution in [0.2, 0.25) is 0 Å². The monoisotopic (exact) mass is 406 g/mol. The maximum absolute atomic E-state index is 13.0. The Balaban J connectivity index is 1.78. The first-order chi connectivity index (χ1) is 12.9. The number of sulfonamides is 1. The van der Waals surface area contributed by atoms with Crippen LogP contribution < -0.4 is 0 Å². The topological polar surface area (TPSA) is 57.7 Å². The molecule has 0 atom stereocenters. The standard InChI is InChI=1S/C20H26N2O3S2/c1-3-16-7-9-17(10-8-16)15-21(2)20(23)19-18(11-14-26-19)27(24,25)22-12-5-4-6-13-22/h7-11,14H,3-6,12-13,15H2,1-2H3. The fourth-order valence-electron chi connectivity index (χ4n) is 3.30. The molecular formula is C20H26N2O3S2. The third kappa shape index (κ3) is 4.42. The fraction of sp³-hybridized carbons (Fsp3) is 0.450. The lowest BCUT2D eigenvalue weighted by molar-refractivity contribution is 0.0786. The molecule has 1 aromatic heterocycles. The van der Waals surface area contributed by atoms with Crippen molar-refractivity contribution in [3.05, 3.63) is 51.7 Å². The number of benzene rings is 1. The second-order valence-corrected chi connectivity index (χ2v) is 9.73. The summed E-state index contributed by atoms with van der Waals surface area (Å²) in [6, 6.07) is 9.71. The molecule has 2 heterocycles. The van der Waals surface area contributed by atoms with Crippen LogP contribution in [0, 0.1) is 0 Å². The fourth-order valence-corrected chi connectivity index (χ4v) is 6.21. The van der Waals surface area contributed by atoms with Crippen molar-refractivity contribution >= 4 is 27.3 Å². The molecule has 0 radical (unpaired) electrons. The minimum atomic E-state index is -3.61. The number of thiophene rings is 1. The molecule has 7 heteroatoms. The molecule has 0 aliphatic carbocycles. The third-order valence-corrected chi connectivity index (χ3v) is 7.93. The maximum atomic E-state index is 13.0. The predicted octanol–water partition coefficient (Wildman–Crippen LogP) is 3.76. The second kappa shape index (κ2) is 8.54. The number of hydrogen-bond donors (Lipinski definition) is 0. The lowest BCUT2D eigenvalue weighted by atomic mass is 10.1. The van der Waals surface area contributed by atoms with E-state index in [4.69, 9.17) is 0 Å². The van der Waals surface area contributed by atoms with Gasteiger partial charge < -0.3 is 4.90 Å². The van der Waals surface area contributed by atoms with Crippen molar-refractivity contribution in [2.45, 2.75) is 44.0 Å². The Kier molecular flexibility index (Phi) is 6.34. The van der Waals surface area contributed by atoms with Gasteiger partial charge in [-0.1, -0.05) is 37.6 Å². The number of amides is 1. The normalized spacial score (nSPS) is 15.6. The van der Waals surface area contributed by atoms with Gasteiger partial charge in [-0.15, -0.1) is 11.3 Å². The molecule has 1 fully saturated rings. The van der Waals surface area contributed by atoms with Crippen LogP contribution in [-0.2, 0) is 23.0 Å². The van der Waals surface area contributed by atoms with Crippen LogP contribution in [0.25, 0.3) is 0 Å². The van der Waals surface area contributed by atoms with E-state index in [1.165, 1.54) is 21.2 Å². The van der Waals surface area contributed by atoms with Gasteiger partial charge in [0, 0.05) is 26.7 Å². The van der Waals surface area contributed by atoms with E-state index in [0.29, 0.717) is 24.5 Å². The second-order valence-electron chi connectivity index (χ2n) is 6.91. The summed E-state index contributed by atoms with van der Waals surface area (Å²) in [4.78, 5) is 15.0. The van der Waals surface area contributed by atoms with Crippen LogP contribution in [0.15, 0.2) is 40.6 Å². The zero-order chi connectivity index (χ0) is 19.4. The van der Waals surface area contributed by atoms with Crippen molar-refractivity contribution in [1.29, 1.82) is 0 Å². The number of piperidine rings is 1. The van der Waals surface area contributed by atoms with E-state index < -0.39 is 10.0 Å². The number of carbonyl (C=O) groups is 1. The van der Waals surface area contributed by atoms with Gasteiger partial charge in [0.2, 0.25) is 10.0 Å². The number of aryl methyl sites for hydroxylation is 1. The molecule has 1 aliphatic heterocycles. The molecule has 1 aromatic carbocycles. The molecule has 1 saturated heterocycles.